The quantitative estimate of drug-likeness (QED) is 0.795. The van der Waals surface area contributed by atoms with Crippen LogP contribution < -0.4 is 10.1 Å². The Bertz CT molecular complexity index is 809. The van der Waals surface area contributed by atoms with Gasteiger partial charge < -0.3 is 18.6 Å². The molecule has 1 atom stereocenters. The molecule has 26 heavy (non-hydrogen) atoms. The fourth-order valence-corrected chi connectivity index (χ4v) is 2.09. The topological polar surface area (TPSA) is 99.9 Å². The molecule has 9 heteroatoms. The van der Waals surface area contributed by atoms with Crippen molar-refractivity contribution in [2.45, 2.75) is 46.6 Å². The lowest BCUT2D eigenvalue weighted by molar-refractivity contribution is 0.0528. The minimum atomic E-state index is -1.55. The van der Waals surface area contributed by atoms with Gasteiger partial charge in [-0.25, -0.2) is 19.0 Å². The summed E-state index contributed by atoms with van der Waals surface area (Å²) in [5.74, 6) is -0.788. The van der Waals surface area contributed by atoms with E-state index in [9.17, 15) is 14.0 Å². The number of rotatable bonds is 5. The number of amides is 1. The van der Waals surface area contributed by atoms with Gasteiger partial charge in [-0.2, -0.15) is 0 Å². The van der Waals surface area contributed by atoms with Crippen molar-refractivity contribution in [3.05, 3.63) is 17.8 Å². The second-order valence-corrected chi connectivity index (χ2v) is 6.33. The number of carbonyl (C=O) groups excluding carboxylic acids is 2. The molecule has 2 heterocycles. The standard InChI is InChI=1S/C17H21FN2O6/c1-6-23-15(21)12-13-11(7-10(8-19-13)24-9(2)18)25-14(12)20-16(22)26-17(3,4)5/h7-9H,6H2,1-5H3,(H,20,22). The van der Waals surface area contributed by atoms with Gasteiger partial charge in [-0.1, -0.05) is 0 Å². The second kappa shape index (κ2) is 7.59. The maximum Gasteiger partial charge on any atom is 0.414 e. The van der Waals surface area contributed by atoms with E-state index in [0.717, 1.165) is 0 Å². The highest BCUT2D eigenvalue weighted by atomic mass is 19.1. The number of ether oxygens (including phenoxy) is 3. The number of halogens is 1. The molecule has 0 bridgehead atoms. The predicted molar refractivity (Wildman–Crippen MR) is 91.0 cm³/mol. The SMILES string of the molecule is CCOC(=O)c1c(NC(=O)OC(C)(C)C)oc2cc(OC(C)F)cnc12. The summed E-state index contributed by atoms with van der Waals surface area (Å²) >= 11 is 0. The van der Waals surface area contributed by atoms with Crippen molar-refractivity contribution in [1.82, 2.24) is 4.98 Å². The highest BCUT2D eigenvalue weighted by Gasteiger charge is 2.27. The molecule has 1 unspecified atom stereocenters. The molecule has 2 aromatic heterocycles. The molecular weight excluding hydrogens is 347 g/mol. The summed E-state index contributed by atoms with van der Waals surface area (Å²) in [6.07, 6.45) is -1.11. The predicted octanol–water partition coefficient (Wildman–Crippen LogP) is 4.05. The summed E-state index contributed by atoms with van der Waals surface area (Å²) in [4.78, 5) is 28.3. The van der Waals surface area contributed by atoms with Gasteiger partial charge in [0.2, 0.25) is 12.2 Å². The van der Waals surface area contributed by atoms with E-state index in [4.69, 9.17) is 18.6 Å². The molecule has 0 saturated carbocycles. The van der Waals surface area contributed by atoms with E-state index in [0.29, 0.717) is 0 Å². The van der Waals surface area contributed by atoms with Crippen LogP contribution in [0.5, 0.6) is 5.75 Å². The average Bonchev–Trinajstić information content (AvgIpc) is 2.81. The van der Waals surface area contributed by atoms with Gasteiger partial charge in [0, 0.05) is 13.0 Å². The van der Waals surface area contributed by atoms with Crippen LogP contribution in [0.4, 0.5) is 15.1 Å². The first-order chi connectivity index (χ1) is 12.1. The second-order valence-electron chi connectivity index (χ2n) is 6.33. The molecule has 2 aromatic rings. The maximum atomic E-state index is 13.0. The van der Waals surface area contributed by atoms with Crippen molar-refractivity contribution < 1.29 is 32.6 Å². The number of nitrogens with one attached hydrogen (secondary N) is 1. The fraction of sp³-hybridized carbons (Fsp3) is 0.471. The summed E-state index contributed by atoms with van der Waals surface area (Å²) in [5.41, 5.74) is -0.533. The Balaban J connectivity index is 2.44. The van der Waals surface area contributed by atoms with Crippen LogP contribution in [0.15, 0.2) is 16.7 Å². The monoisotopic (exact) mass is 368 g/mol. The number of anilines is 1. The number of aromatic nitrogens is 1. The molecule has 0 spiro atoms. The Kier molecular flexibility index (Phi) is 5.69. The lowest BCUT2D eigenvalue weighted by Crippen LogP contribution is -2.27. The first-order valence-electron chi connectivity index (χ1n) is 8.01. The third kappa shape index (κ3) is 4.84. The van der Waals surface area contributed by atoms with Gasteiger partial charge in [-0.15, -0.1) is 0 Å². The van der Waals surface area contributed by atoms with Crippen molar-refractivity contribution in [3.8, 4) is 5.75 Å². The number of alkyl halides is 1. The molecule has 8 nitrogen and oxygen atoms in total. The van der Waals surface area contributed by atoms with Crippen molar-refractivity contribution in [3.63, 3.8) is 0 Å². The number of hydrogen-bond acceptors (Lipinski definition) is 7. The van der Waals surface area contributed by atoms with Crippen molar-refractivity contribution in [2.75, 3.05) is 11.9 Å². The number of pyridine rings is 1. The lowest BCUT2D eigenvalue weighted by atomic mass is 10.2. The van der Waals surface area contributed by atoms with Gasteiger partial charge in [0.05, 0.1) is 12.8 Å². The molecular formula is C17H21FN2O6. The zero-order chi connectivity index (χ0) is 19.5. The van der Waals surface area contributed by atoms with Gasteiger partial charge in [0.15, 0.2) is 5.58 Å². The van der Waals surface area contributed by atoms with E-state index in [-0.39, 0.29) is 34.9 Å². The molecule has 1 N–H and O–H groups in total. The minimum Gasteiger partial charge on any atom is -0.462 e. The van der Waals surface area contributed by atoms with Gasteiger partial charge in [0.25, 0.3) is 0 Å². The Morgan fingerprint density at radius 2 is 2.08 bits per heavy atom. The van der Waals surface area contributed by atoms with Crippen LogP contribution in [0, 0.1) is 0 Å². The summed E-state index contributed by atoms with van der Waals surface area (Å²) in [6, 6.07) is 1.36. The molecule has 0 aliphatic heterocycles. The number of hydrogen-bond donors (Lipinski definition) is 1. The molecule has 0 aliphatic rings. The number of nitrogens with zero attached hydrogens (tertiary/aromatic N) is 1. The van der Waals surface area contributed by atoms with Crippen LogP contribution in [0.3, 0.4) is 0 Å². The fourth-order valence-electron chi connectivity index (χ4n) is 2.09. The van der Waals surface area contributed by atoms with Crippen molar-refractivity contribution >= 4 is 29.0 Å². The number of esters is 1. The Hall–Kier alpha value is -2.84. The third-order valence-electron chi connectivity index (χ3n) is 2.90. The normalized spacial score (nSPS) is 12.5. The molecule has 0 saturated heterocycles. The van der Waals surface area contributed by atoms with Gasteiger partial charge >= 0.3 is 12.1 Å². The van der Waals surface area contributed by atoms with Crippen LogP contribution in [0.25, 0.3) is 11.1 Å². The summed E-state index contributed by atoms with van der Waals surface area (Å²) < 4.78 is 33.5. The van der Waals surface area contributed by atoms with E-state index >= 15 is 0 Å². The summed E-state index contributed by atoms with van der Waals surface area (Å²) in [5, 5.41) is 2.37. The van der Waals surface area contributed by atoms with Crippen molar-refractivity contribution in [2.24, 2.45) is 0 Å². The lowest BCUT2D eigenvalue weighted by Gasteiger charge is -2.19. The number of fused-ring (bicyclic) bond motifs is 1. The van der Waals surface area contributed by atoms with E-state index in [1.165, 1.54) is 19.2 Å². The van der Waals surface area contributed by atoms with Crippen LogP contribution in [0.1, 0.15) is 45.0 Å². The van der Waals surface area contributed by atoms with Gasteiger partial charge in [-0.3, -0.25) is 5.32 Å². The minimum absolute atomic E-state index is 0.0624. The third-order valence-corrected chi connectivity index (χ3v) is 2.90. The average molecular weight is 368 g/mol. The first kappa shape index (κ1) is 19.5. The zero-order valence-corrected chi connectivity index (χ0v) is 15.2. The molecule has 2 rings (SSSR count). The highest BCUT2D eigenvalue weighted by Crippen LogP contribution is 2.32. The summed E-state index contributed by atoms with van der Waals surface area (Å²) in [7, 11) is 0. The van der Waals surface area contributed by atoms with E-state index in [1.807, 2.05) is 0 Å². The highest BCUT2D eigenvalue weighted by molar-refractivity contribution is 6.08. The molecule has 0 aliphatic carbocycles. The van der Waals surface area contributed by atoms with Gasteiger partial charge in [-0.05, 0) is 27.7 Å². The summed E-state index contributed by atoms with van der Waals surface area (Å²) in [6.45, 7) is 8.06. The van der Waals surface area contributed by atoms with E-state index < -0.39 is 24.0 Å². The van der Waals surface area contributed by atoms with Crippen LogP contribution in [-0.4, -0.2) is 35.6 Å². The molecule has 142 valence electrons. The molecule has 0 fully saturated rings. The Morgan fingerprint density at radius 3 is 2.65 bits per heavy atom. The molecule has 0 radical (unpaired) electrons. The van der Waals surface area contributed by atoms with E-state index in [1.54, 1.807) is 27.7 Å². The van der Waals surface area contributed by atoms with Crippen LogP contribution in [0.2, 0.25) is 0 Å². The smallest absolute Gasteiger partial charge is 0.414 e. The number of carbonyl (C=O) groups is 2. The van der Waals surface area contributed by atoms with E-state index in [2.05, 4.69) is 10.3 Å². The molecule has 1 amide bonds. The number of furan rings is 1. The largest absolute Gasteiger partial charge is 0.462 e. The van der Waals surface area contributed by atoms with Crippen LogP contribution >= 0.6 is 0 Å². The van der Waals surface area contributed by atoms with Gasteiger partial charge in [0.1, 0.15) is 22.4 Å². The molecule has 0 aromatic carbocycles. The van der Waals surface area contributed by atoms with Crippen LogP contribution in [-0.2, 0) is 9.47 Å². The Morgan fingerprint density at radius 1 is 1.38 bits per heavy atom. The van der Waals surface area contributed by atoms with Crippen molar-refractivity contribution in [1.29, 1.82) is 0 Å². The maximum absolute atomic E-state index is 13.0. The Labute approximate surface area is 149 Å². The zero-order valence-electron chi connectivity index (χ0n) is 15.2. The first-order valence-corrected chi connectivity index (χ1v) is 8.01.